The van der Waals surface area contributed by atoms with Gasteiger partial charge < -0.3 is 9.30 Å². The maximum absolute atomic E-state index is 11.5. The molecule has 0 atom stereocenters. The van der Waals surface area contributed by atoms with E-state index in [1.807, 2.05) is 18.5 Å². The van der Waals surface area contributed by atoms with Crippen molar-refractivity contribution in [3.8, 4) is 0 Å². The van der Waals surface area contributed by atoms with Crippen molar-refractivity contribution in [2.45, 2.75) is 104 Å². The van der Waals surface area contributed by atoms with Crippen LogP contribution in [0.25, 0.3) is 0 Å². The Balaban J connectivity index is 2.09. The first-order valence-corrected chi connectivity index (χ1v) is 10.7. The third-order valence-electron chi connectivity index (χ3n) is 5.43. The van der Waals surface area contributed by atoms with E-state index in [0.29, 0.717) is 11.0 Å². The number of rotatable bonds is 15. The summed E-state index contributed by atoms with van der Waals surface area (Å²) in [4.78, 5) is 11.5. The normalized spacial score (nSPS) is 11.7. The number of unbranched alkanes of at least 4 members (excludes halogenated alkanes) is 9. The van der Waals surface area contributed by atoms with E-state index in [4.69, 9.17) is 4.74 Å². The molecule has 1 rings (SSSR count). The van der Waals surface area contributed by atoms with Crippen LogP contribution in [0.2, 0.25) is 0 Å². The highest BCUT2D eigenvalue weighted by molar-refractivity contribution is 5.89. The number of aryl methyl sites for hydroxylation is 1. The predicted octanol–water partition coefficient (Wildman–Crippen LogP) is 7.00. The first-order chi connectivity index (χ1) is 12.5. The van der Waals surface area contributed by atoms with Gasteiger partial charge in [0.1, 0.15) is 0 Å². The van der Waals surface area contributed by atoms with Gasteiger partial charge in [-0.05, 0) is 24.3 Å². The van der Waals surface area contributed by atoms with E-state index in [9.17, 15) is 4.79 Å². The van der Waals surface area contributed by atoms with Crippen LogP contribution >= 0.6 is 0 Å². The topological polar surface area (TPSA) is 31.2 Å². The Bertz CT molecular complexity index is 490. The first-order valence-electron chi connectivity index (χ1n) is 10.7. The Labute approximate surface area is 161 Å². The van der Waals surface area contributed by atoms with Crippen molar-refractivity contribution in [2.24, 2.45) is 5.41 Å². The van der Waals surface area contributed by atoms with Gasteiger partial charge in [0.05, 0.1) is 12.7 Å². The van der Waals surface area contributed by atoms with E-state index in [2.05, 4.69) is 25.3 Å². The fraction of sp³-hybridized carbons (Fsp3) is 0.783. The number of esters is 1. The molecule has 0 saturated carbocycles. The first kappa shape index (κ1) is 22.8. The molecule has 0 spiro atoms. The number of hydrogen-bond donors (Lipinski definition) is 0. The summed E-state index contributed by atoms with van der Waals surface area (Å²) in [6.45, 7) is 7.97. The Morgan fingerprint density at radius 1 is 0.962 bits per heavy atom. The lowest BCUT2D eigenvalue weighted by molar-refractivity contribution is 0.0600. The molecule has 0 aliphatic carbocycles. The number of methoxy groups -OCH3 is 1. The molecule has 3 nitrogen and oxygen atoms in total. The summed E-state index contributed by atoms with van der Waals surface area (Å²) < 4.78 is 6.86. The average molecular weight is 364 g/mol. The zero-order valence-electron chi connectivity index (χ0n) is 17.7. The highest BCUT2D eigenvalue weighted by atomic mass is 16.5. The van der Waals surface area contributed by atoms with Crippen LogP contribution in [0, 0.1) is 5.41 Å². The fourth-order valence-electron chi connectivity index (χ4n) is 3.47. The van der Waals surface area contributed by atoms with Gasteiger partial charge in [0.25, 0.3) is 0 Å². The van der Waals surface area contributed by atoms with E-state index >= 15 is 0 Å². The number of carbonyl (C=O) groups excluding carboxylic acids is 1. The van der Waals surface area contributed by atoms with Crippen LogP contribution in [0.1, 0.15) is 108 Å². The van der Waals surface area contributed by atoms with E-state index in [-0.39, 0.29) is 5.97 Å². The lowest BCUT2D eigenvalue weighted by Gasteiger charge is -2.25. The molecule has 150 valence electrons. The standard InChI is InChI=1S/C23H41NO2/c1-5-6-7-8-9-10-11-12-13-14-16-23(2,3)17-19-24-18-15-21(20-24)22(25)26-4/h15,18,20H,5-14,16-17,19H2,1-4H3. The SMILES string of the molecule is CCCCCCCCCCCCC(C)(C)CCn1ccc(C(=O)OC)c1. The van der Waals surface area contributed by atoms with Gasteiger partial charge in [0, 0.05) is 18.9 Å². The van der Waals surface area contributed by atoms with Gasteiger partial charge >= 0.3 is 5.97 Å². The zero-order valence-corrected chi connectivity index (χ0v) is 17.7. The van der Waals surface area contributed by atoms with Gasteiger partial charge in [-0.25, -0.2) is 4.79 Å². The summed E-state index contributed by atoms with van der Waals surface area (Å²) >= 11 is 0. The number of carbonyl (C=O) groups is 1. The third-order valence-corrected chi connectivity index (χ3v) is 5.43. The highest BCUT2D eigenvalue weighted by Crippen LogP contribution is 2.29. The van der Waals surface area contributed by atoms with Crippen molar-refractivity contribution in [3.63, 3.8) is 0 Å². The summed E-state index contributed by atoms with van der Waals surface area (Å²) in [5, 5.41) is 0. The Hall–Kier alpha value is -1.25. The molecular formula is C23H41NO2. The summed E-state index contributed by atoms with van der Waals surface area (Å²) in [6, 6.07) is 1.83. The van der Waals surface area contributed by atoms with Crippen LogP contribution in [-0.2, 0) is 11.3 Å². The Kier molecular flexibility index (Phi) is 11.4. The molecule has 1 aromatic rings. The maximum atomic E-state index is 11.5. The van der Waals surface area contributed by atoms with Crippen LogP contribution in [0.4, 0.5) is 0 Å². The van der Waals surface area contributed by atoms with Crippen molar-refractivity contribution < 1.29 is 9.53 Å². The molecule has 0 saturated heterocycles. The van der Waals surface area contributed by atoms with Gasteiger partial charge in [0.15, 0.2) is 0 Å². The molecular weight excluding hydrogens is 322 g/mol. The van der Waals surface area contributed by atoms with Gasteiger partial charge in [0.2, 0.25) is 0 Å². The summed E-state index contributed by atoms with van der Waals surface area (Å²) in [7, 11) is 1.43. The molecule has 26 heavy (non-hydrogen) atoms. The van der Waals surface area contributed by atoms with E-state index in [0.717, 1.165) is 13.0 Å². The van der Waals surface area contributed by atoms with Crippen LogP contribution in [0.5, 0.6) is 0 Å². The largest absolute Gasteiger partial charge is 0.465 e. The second kappa shape index (κ2) is 13.0. The molecule has 0 aliphatic heterocycles. The van der Waals surface area contributed by atoms with E-state index in [1.54, 1.807) is 0 Å². The van der Waals surface area contributed by atoms with Gasteiger partial charge in [-0.3, -0.25) is 0 Å². The van der Waals surface area contributed by atoms with E-state index in [1.165, 1.54) is 77.7 Å². The van der Waals surface area contributed by atoms with Crippen LogP contribution in [0.3, 0.4) is 0 Å². The lowest BCUT2D eigenvalue weighted by Crippen LogP contribution is -2.14. The minimum absolute atomic E-state index is 0.256. The summed E-state index contributed by atoms with van der Waals surface area (Å²) in [5.41, 5.74) is 0.996. The Morgan fingerprint density at radius 2 is 1.54 bits per heavy atom. The predicted molar refractivity (Wildman–Crippen MR) is 111 cm³/mol. The minimum atomic E-state index is -0.256. The number of aromatic nitrogens is 1. The highest BCUT2D eigenvalue weighted by Gasteiger charge is 2.17. The monoisotopic (exact) mass is 363 g/mol. The molecule has 1 heterocycles. The van der Waals surface area contributed by atoms with Crippen LogP contribution < -0.4 is 0 Å². The van der Waals surface area contributed by atoms with Gasteiger partial charge in [-0.15, -0.1) is 0 Å². The molecule has 0 aromatic carbocycles. The fourth-order valence-corrected chi connectivity index (χ4v) is 3.47. The van der Waals surface area contributed by atoms with Crippen molar-refractivity contribution >= 4 is 5.97 Å². The molecule has 1 aromatic heterocycles. The number of hydrogen-bond acceptors (Lipinski definition) is 2. The molecule has 0 N–H and O–H groups in total. The second-order valence-corrected chi connectivity index (χ2v) is 8.48. The van der Waals surface area contributed by atoms with Crippen molar-refractivity contribution in [3.05, 3.63) is 24.0 Å². The number of nitrogens with zero attached hydrogens (tertiary/aromatic N) is 1. The Morgan fingerprint density at radius 3 is 2.12 bits per heavy atom. The number of ether oxygens (including phenoxy) is 1. The molecule has 0 aliphatic rings. The van der Waals surface area contributed by atoms with Crippen molar-refractivity contribution in [1.29, 1.82) is 0 Å². The molecule has 0 radical (unpaired) electrons. The quantitative estimate of drug-likeness (QED) is 0.248. The smallest absolute Gasteiger partial charge is 0.339 e. The second-order valence-electron chi connectivity index (χ2n) is 8.48. The van der Waals surface area contributed by atoms with Crippen molar-refractivity contribution in [2.75, 3.05) is 7.11 Å². The molecule has 0 bridgehead atoms. The zero-order chi connectivity index (χ0) is 19.3. The van der Waals surface area contributed by atoms with Crippen LogP contribution in [0.15, 0.2) is 18.5 Å². The van der Waals surface area contributed by atoms with Gasteiger partial charge in [-0.1, -0.05) is 85.0 Å². The average Bonchev–Trinajstić information content (AvgIpc) is 3.10. The molecule has 0 fully saturated rings. The molecule has 3 heteroatoms. The van der Waals surface area contributed by atoms with Crippen molar-refractivity contribution in [1.82, 2.24) is 4.57 Å². The summed E-state index contributed by atoms with van der Waals surface area (Å²) in [5.74, 6) is -0.256. The molecule has 0 amide bonds. The lowest BCUT2D eigenvalue weighted by atomic mass is 9.83. The molecule has 0 unspecified atom stereocenters. The third kappa shape index (κ3) is 10.0. The van der Waals surface area contributed by atoms with E-state index < -0.39 is 0 Å². The van der Waals surface area contributed by atoms with Crippen LogP contribution in [-0.4, -0.2) is 17.6 Å². The maximum Gasteiger partial charge on any atom is 0.339 e. The van der Waals surface area contributed by atoms with Gasteiger partial charge in [-0.2, -0.15) is 0 Å². The summed E-state index contributed by atoms with van der Waals surface area (Å²) in [6.07, 6.45) is 20.2. The minimum Gasteiger partial charge on any atom is -0.465 e.